The van der Waals surface area contributed by atoms with Crippen molar-refractivity contribution in [3.8, 4) is 0 Å². The Morgan fingerprint density at radius 2 is 1.92 bits per heavy atom. The maximum Gasteiger partial charge on any atom is 0.241 e. The van der Waals surface area contributed by atoms with Crippen molar-refractivity contribution in [1.82, 2.24) is 10.6 Å². The molecule has 1 aliphatic heterocycles. The van der Waals surface area contributed by atoms with Crippen molar-refractivity contribution in [3.05, 3.63) is 35.6 Å². The Balaban J connectivity index is 0.00000312. The van der Waals surface area contributed by atoms with Gasteiger partial charge in [0.25, 0.3) is 0 Å². The first-order valence-electron chi connectivity index (χ1n) is 8.03. The number of nitrogens with one attached hydrogen (secondary N) is 2. The molecule has 0 aliphatic carbocycles. The van der Waals surface area contributed by atoms with Crippen LogP contribution in [0.5, 0.6) is 0 Å². The van der Waals surface area contributed by atoms with Crippen LogP contribution in [0.25, 0.3) is 0 Å². The van der Waals surface area contributed by atoms with Crippen LogP contribution in [0.2, 0.25) is 0 Å². The van der Waals surface area contributed by atoms with E-state index < -0.39 is 25.9 Å². The lowest BCUT2D eigenvalue weighted by molar-refractivity contribution is -0.124. The quantitative estimate of drug-likeness (QED) is 0.801. The van der Waals surface area contributed by atoms with Crippen LogP contribution in [0.4, 0.5) is 4.39 Å². The predicted octanol–water partition coefficient (Wildman–Crippen LogP) is 1.81. The lowest BCUT2D eigenvalue weighted by Gasteiger charge is -2.35. The number of benzene rings is 1. The van der Waals surface area contributed by atoms with E-state index in [1.807, 2.05) is 13.8 Å². The van der Waals surface area contributed by atoms with Crippen LogP contribution in [0.3, 0.4) is 0 Å². The van der Waals surface area contributed by atoms with Crippen molar-refractivity contribution >= 4 is 28.2 Å². The number of hydrogen-bond donors (Lipinski definition) is 2. The van der Waals surface area contributed by atoms with Crippen molar-refractivity contribution in [1.29, 1.82) is 0 Å². The molecule has 8 heteroatoms. The Labute approximate surface area is 155 Å². The number of piperidine rings is 1. The third-order valence-electron chi connectivity index (χ3n) is 4.83. The summed E-state index contributed by atoms with van der Waals surface area (Å²) in [5.41, 5.74) is 0.241. The summed E-state index contributed by atoms with van der Waals surface area (Å²) in [7, 11) is -3.54. The van der Waals surface area contributed by atoms with E-state index in [1.54, 1.807) is 12.1 Å². The third-order valence-corrected chi connectivity index (χ3v) is 6.84. The van der Waals surface area contributed by atoms with Crippen molar-refractivity contribution in [3.63, 3.8) is 0 Å². The zero-order chi connectivity index (χ0) is 18.0. The van der Waals surface area contributed by atoms with E-state index in [2.05, 4.69) is 10.6 Å². The molecule has 1 amide bonds. The number of halogens is 2. The van der Waals surface area contributed by atoms with Gasteiger partial charge < -0.3 is 10.6 Å². The third kappa shape index (κ3) is 4.71. The van der Waals surface area contributed by atoms with Gasteiger partial charge >= 0.3 is 0 Å². The van der Waals surface area contributed by atoms with Gasteiger partial charge in [-0.1, -0.05) is 26.0 Å². The second-order valence-electron chi connectivity index (χ2n) is 7.09. The Kier molecular flexibility index (Phi) is 7.01. The summed E-state index contributed by atoms with van der Waals surface area (Å²) in [5, 5.41) is 5.87. The van der Waals surface area contributed by atoms with Gasteiger partial charge in [-0.15, -0.1) is 12.4 Å². The van der Waals surface area contributed by atoms with E-state index in [4.69, 9.17) is 0 Å². The van der Waals surface area contributed by atoms with Crippen LogP contribution in [0.1, 0.15) is 32.3 Å². The fourth-order valence-corrected chi connectivity index (χ4v) is 4.43. The first kappa shape index (κ1) is 21.9. The molecule has 0 spiro atoms. The van der Waals surface area contributed by atoms with Gasteiger partial charge in [0, 0.05) is 18.2 Å². The topological polar surface area (TPSA) is 75.3 Å². The lowest BCUT2D eigenvalue weighted by Crippen LogP contribution is -2.58. The Morgan fingerprint density at radius 1 is 1.32 bits per heavy atom. The first-order chi connectivity index (χ1) is 11.1. The number of rotatable bonds is 5. The second-order valence-corrected chi connectivity index (χ2v) is 9.42. The normalized spacial score (nSPS) is 17.4. The van der Waals surface area contributed by atoms with Crippen molar-refractivity contribution in [2.75, 3.05) is 25.9 Å². The number of carbonyl (C=O) groups is 1. The molecule has 25 heavy (non-hydrogen) atoms. The number of sulfone groups is 1. The smallest absolute Gasteiger partial charge is 0.241 e. The maximum absolute atomic E-state index is 13.4. The molecular formula is C17H26ClFN2O3S. The minimum atomic E-state index is -3.54. The summed E-state index contributed by atoms with van der Waals surface area (Å²) in [6.45, 7) is 5.00. The summed E-state index contributed by atoms with van der Waals surface area (Å²) < 4.78 is 36.6. The van der Waals surface area contributed by atoms with E-state index in [0.717, 1.165) is 11.8 Å². The lowest BCUT2D eigenvalue weighted by atomic mass is 9.84. The van der Waals surface area contributed by atoms with Crippen LogP contribution >= 0.6 is 12.4 Å². The van der Waals surface area contributed by atoms with E-state index in [1.165, 1.54) is 12.1 Å². The van der Waals surface area contributed by atoms with Crippen LogP contribution in [-0.4, -0.2) is 45.0 Å². The van der Waals surface area contributed by atoms with Crippen LogP contribution < -0.4 is 10.6 Å². The van der Waals surface area contributed by atoms with E-state index in [-0.39, 0.29) is 37.6 Å². The van der Waals surface area contributed by atoms with Gasteiger partial charge in [-0.05, 0) is 43.6 Å². The van der Waals surface area contributed by atoms with E-state index >= 15 is 0 Å². The SMILES string of the molecule is CC(C)(CNC(=O)C1(S(C)(=O)=O)CCNCC1)c1cccc(F)c1.Cl. The fraction of sp³-hybridized carbons (Fsp3) is 0.588. The minimum Gasteiger partial charge on any atom is -0.354 e. The summed E-state index contributed by atoms with van der Waals surface area (Å²) in [6, 6.07) is 6.22. The van der Waals surface area contributed by atoms with Gasteiger partial charge in [0.15, 0.2) is 14.6 Å². The molecule has 1 saturated heterocycles. The molecule has 2 rings (SSSR count). The molecule has 1 fully saturated rings. The fourth-order valence-electron chi connectivity index (χ4n) is 3.07. The summed E-state index contributed by atoms with van der Waals surface area (Å²) >= 11 is 0. The van der Waals surface area contributed by atoms with E-state index in [9.17, 15) is 17.6 Å². The molecule has 1 heterocycles. The minimum absolute atomic E-state index is 0. The van der Waals surface area contributed by atoms with Gasteiger partial charge in [0.2, 0.25) is 5.91 Å². The first-order valence-corrected chi connectivity index (χ1v) is 9.92. The van der Waals surface area contributed by atoms with Crippen molar-refractivity contribution in [2.45, 2.75) is 36.9 Å². The maximum atomic E-state index is 13.4. The summed E-state index contributed by atoms with van der Waals surface area (Å²) in [4.78, 5) is 12.7. The molecule has 1 aromatic carbocycles. The van der Waals surface area contributed by atoms with Gasteiger partial charge in [-0.2, -0.15) is 0 Å². The average Bonchev–Trinajstić information content (AvgIpc) is 2.52. The molecule has 0 unspecified atom stereocenters. The highest BCUT2D eigenvalue weighted by Gasteiger charge is 2.48. The van der Waals surface area contributed by atoms with Crippen LogP contribution in [0.15, 0.2) is 24.3 Å². The van der Waals surface area contributed by atoms with Gasteiger partial charge in [0.1, 0.15) is 5.82 Å². The van der Waals surface area contributed by atoms with Gasteiger partial charge in [-0.25, -0.2) is 12.8 Å². The van der Waals surface area contributed by atoms with Crippen molar-refractivity contribution < 1.29 is 17.6 Å². The molecular weight excluding hydrogens is 367 g/mol. The van der Waals surface area contributed by atoms with Gasteiger partial charge in [0.05, 0.1) is 0 Å². The molecule has 0 atom stereocenters. The molecule has 5 nitrogen and oxygen atoms in total. The molecule has 2 N–H and O–H groups in total. The second kappa shape index (κ2) is 8.01. The van der Waals surface area contributed by atoms with Crippen LogP contribution in [-0.2, 0) is 20.0 Å². The molecule has 0 radical (unpaired) electrons. The highest BCUT2D eigenvalue weighted by molar-refractivity contribution is 7.92. The number of amides is 1. The Hall–Kier alpha value is -1.18. The monoisotopic (exact) mass is 392 g/mol. The van der Waals surface area contributed by atoms with Crippen molar-refractivity contribution in [2.24, 2.45) is 0 Å². The van der Waals surface area contributed by atoms with E-state index in [0.29, 0.717) is 13.1 Å². The molecule has 0 bridgehead atoms. The highest BCUT2D eigenvalue weighted by atomic mass is 35.5. The molecule has 1 aliphatic rings. The predicted molar refractivity (Wildman–Crippen MR) is 99.4 cm³/mol. The standard InChI is InChI=1S/C17H25FN2O3S.ClH/c1-16(2,13-5-4-6-14(18)11-13)12-20-15(21)17(24(3,22)23)7-9-19-10-8-17;/h4-6,11,19H,7-10,12H2,1-3H3,(H,20,21);1H. The molecule has 142 valence electrons. The largest absolute Gasteiger partial charge is 0.354 e. The zero-order valence-corrected chi connectivity index (χ0v) is 16.4. The number of hydrogen-bond acceptors (Lipinski definition) is 4. The highest BCUT2D eigenvalue weighted by Crippen LogP contribution is 2.29. The molecule has 0 aromatic heterocycles. The molecule has 1 aromatic rings. The van der Waals surface area contributed by atoms with Crippen LogP contribution in [0, 0.1) is 5.82 Å². The molecule has 0 saturated carbocycles. The Bertz CT molecular complexity index is 716. The average molecular weight is 393 g/mol. The number of carbonyl (C=O) groups excluding carboxylic acids is 1. The Morgan fingerprint density at radius 3 is 2.44 bits per heavy atom. The summed E-state index contributed by atoms with van der Waals surface area (Å²) in [5.74, 6) is -0.797. The zero-order valence-electron chi connectivity index (χ0n) is 14.8. The summed E-state index contributed by atoms with van der Waals surface area (Å²) in [6.07, 6.45) is 1.64. The van der Waals surface area contributed by atoms with Gasteiger partial charge in [-0.3, -0.25) is 4.79 Å².